The normalized spacial score (nSPS) is 21.9. The highest BCUT2D eigenvalue weighted by Gasteiger charge is 2.31. The first-order valence-corrected chi connectivity index (χ1v) is 7.64. The molecule has 1 aromatic carbocycles. The van der Waals surface area contributed by atoms with Crippen LogP contribution in [-0.2, 0) is 9.59 Å². The van der Waals surface area contributed by atoms with Crippen molar-refractivity contribution in [3.8, 4) is 5.75 Å². The minimum atomic E-state index is -0.841. The number of halogens is 1. The summed E-state index contributed by atoms with van der Waals surface area (Å²) in [7, 11) is 0. The molecule has 1 saturated heterocycles. The number of hydrogen-bond donors (Lipinski definition) is 1. The fraction of sp³-hybridized carbons (Fsp3) is 0.467. The minimum absolute atomic E-state index is 0.0739. The summed E-state index contributed by atoms with van der Waals surface area (Å²) in [5, 5.41) is 9.12. The van der Waals surface area contributed by atoms with Crippen molar-refractivity contribution in [2.45, 2.75) is 13.3 Å². The van der Waals surface area contributed by atoms with Gasteiger partial charge in [-0.05, 0) is 30.5 Å². The molecule has 0 aliphatic carbocycles. The summed E-state index contributed by atoms with van der Waals surface area (Å²) in [5.41, 5.74) is 0. The fourth-order valence-electron chi connectivity index (χ4n) is 2.53. The average Bonchev–Trinajstić information content (AvgIpc) is 2.44. The number of aliphatic carboxylic acids is 1. The van der Waals surface area contributed by atoms with Crippen LogP contribution in [0.25, 0.3) is 0 Å². The third-order valence-electron chi connectivity index (χ3n) is 3.52. The number of carbonyl (C=O) groups is 2. The highest BCUT2D eigenvalue weighted by atomic mass is 79.9. The van der Waals surface area contributed by atoms with Gasteiger partial charge in [0.05, 0.1) is 5.92 Å². The van der Waals surface area contributed by atoms with Crippen molar-refractivity contribution in [2.24, 2.45) is 11.8 Å². The molecule has 21 heavy (non-hydrogen) atoms. The second-order valence-corrected chi connectivity index (χ2v) is 6.34. The maximum Gasteiger partial charge on any atom is 0.308 e. The monoisotopic (exact) mass is 355 g/mol. The van der Waals surface area contributed by atoms with Crippen LogP contribution in [0, 0.1) is 11.8 Å². The van der Waals surface area contributed by atoms with Crippen molar-refractivity contribution >= 4 is 27.8 Å². The second-order valence-electron chi connectivity index (χ2n) is 5.42. The Morgan fingerprint density at radius 1 is 1.43 bits per heavy atom. The van der Waals surface area contributed by atoms with Crippen molar-refractivity contribution in [3.05, 3.63) is 28.7 Å². The summed E-state index contributed by atoms with van der Waals surface area (Å²) in [4.78, 5) is 24.9. The van der Waals surface area contributed by atoms with Gasteiger partial charge in [-0.15, -0.1) is 0 Å². The smallest absolute Gasteiger partial charge is 0.308 e. The van der Waals surface area contributed by atoms with E-state index in [-0.39, 0.29) is 25.0 Å². The first-order valence-electron chi connectivity index (χ1n) is 6.84. The largest absolute Gasteiger partial charge is 0.484 e. The zero-order valence-electron chi connectivity index (χ0n) is 11.8. The second kappa shape index (κ2) is 6.93. The summed E-state index contributed by atoms with van der Waals surface area (Å²) in [6.45, 7) is 2.74. The lowest BCUT2D eigenvalue weighted by Gasteiger charge is -2.34. The van der Waals surface area contributed by atoms with Crippen molar-refractivity contribution in [1.29, 1.82) is 0 Å². The summed E-state index contributed by atoms with van der Waals surface area (Å²) >= 11 is 3.34. The first-order chi connectivity index (χ1) is 9.95. The van der Waals surface area contributed by atoms with Gasteiger partial charge in [0, 0.05) is 17.6 Å². The van der Waals surface area contributed by atoms with Crippen LogP contribution in [-0.4, -0.2) is 41.6 Å². The molecule has 0 saturated carbocycles. The van der Waals surface area contributed by atoms with E-state index >= 15 is 0 Å². The molecule has 0 aromatic heterocycles. The number of hydrogen-bond acceptors (Lipinski definition) is 3. The summed E-state index contributed by atoms with van der Waals surface area (Å²) in [6.07, 6.45) is 0.617. The third kappa shape index (κ3) is 4.46. The highest BCUT2D eigenvalue weighted by molar-refractivity contribution is 9.10. The Morgan fingerprint density at radius 3 is 2.86 bits per heavy atom. The molecule has 1 N–H and O–H groups in total. The summed E-state index contributed by atoms with van der Waals surface area (Å²) in [5.74, 6) is -0.698. The van der Waals surface area contributed by atoms with E-state index in [9.17, 15) is 9.59 Å². The van der Waals surface area contributed by atoms with Crippen molar-refractivity contribution < 1.29 is 19.4 Å². The molecular formula is C15H18BrNO4. The number of benzene rings is 1. The molecule has 1 amide bonds. The average molecular weight is 356 g/mol. The maximum absolute atomic E-state index is 12.2. The van der Waals surface area contributed by atoms with Gasteiger partial charge in [0.25, 0.3) is 5.91 Å². The molecule has 0 spiro atoms. The molecule has 1 aromatic rings. The molecule has 2 unspecified atom stereocenters. The quantitative estimate of drug-likeness (QED) is 0.900. The van der Waals surface area contributed by atoms with Gasteiger partial charge >= 0.3 is 5.97 Å². The fourth-order valence-corrected chi connectivity index (χ4v) is 2.91. The number of piperidine rings is 1. The van der Waals surface area contributed by atoms with Gasteiger partial charge in [0.1, 0.15) is 5.75 Å². The Balaban J connectivity index is 1.92. The zero-order valence-corrected chi connectivity index (χ0v) is 13.4. The van der Waals surface area contributed by atoms with Gasteiger partial charge in [-0.25, -0.2) is 0 Å². The Kier molecular flexibility index (Phi) is 5.22. The third-order valence-corrected chi connectivity index (χ3v) is 4.01. The summed E-state index contributed by atoms with van der Waals surface area (Å²) in [6, 6.07) is 7.26. The molecule has 6 heteroatoms. The lowest BCUT2D eigenvalue weighted by molar-refractivity contribution is -0.147. The molecular weight excluding hydrogens is 338 g/mol. The SMILES string of the molecule is CC1CC(C(=O)O)CN(C(=O)COc2cccc(Br)c2)C1. The molecule has 1 heterocycles. The Bertz CT molecular complexity index is 534. The number of likely N-dealkylation sites (tertiary alicyclic amines) is 1. The molecule has 2 rings (SSSR count). The van der Waals surface area contributed by atoms with Crippen molar-refractivity contribution in [3.63, 3.8) is 0 Å². The van der Waals surface area contributed by atoms with Gasteiger partial charge in [-0.2, -0.15) is 0 Å². The van der Waals surface area contributed by atoms with Crippen LogP contribution >= 0.6 is 15.9 Å². The van der Waals surface area contributed by atoms with E-state index in [1.165, 1.54) is 0 Å². The molecule has 2 atom stereocenters. The highest BCUT2D eigenvalue weighted by Crippen LogP contribution is 2.22. The summed E-state index contributed by atoms with van der Waals surface area (Å²) < 4.78 is 6.34. The number of ether oxygens (including phenoxy) is 1. The van der Waals surface area contributed by atoms with Crippen molar-refractivity contribution in [2.75, 3.05) is 19.7 Å². The zero-order chi connectivity index (χ0) is 15.4. The molecule has 0 radical (unpaired) electrons. The van der Waals surface area contributed by atoms with E-state index in [4.69, 9.17) is 9.84 Å². The Hall–Kier alpha value is -1.56. The number of carbonyl (C=O) groups excluding carboxylic acids is 1. The van der Waals surface area contributed by atoms with E-state index < -0.39 is 11.9 Å². The number of carboxylic acid groups (broad SMARTS) is 1. The van der Waals surface area contributed by atoms with Crippen LogP contribution in [0.5, 0.6) is 5.75 Å². The van der Waals surface area contributed by atoms with E-state index in [0.717, 1.165) is 4.47 Å². The van der Waals surface area contributed by atoms with E-state index in [0.29, 0.717) is 18.7 Å². The number of rotatable bonds is 4. The topological polar surface area (TPSA) is 66.8 Å². The van der Waals surface area contributed by atoms with Crippen molar-refractivity contribution in [1.82, 2.24) is 4.90 Å². The number of carboxylic acids is 1. The predicted molar refractivity (Wildman–Crippen MR) is 81.1 cm³/mol. The lowest BCUT2D eigenvalue weighted by atomic mass is 9.90. The van der Waals surface area contributed by atoms with E-state index in [1.807, 2.05) is 19.1 Å². The van der Waals surface area contributed by atoms with Crippen LogP contribution in [0.2, 0.25) is 0 Å². The van der Waals surface area contributed by atoms with Crippen LogP contribution in [0.1, 0.15) is 13.3 Å². The molecule has 5 nitrogen and oxygen atoms in total. The number of amides is 1. The standard InChI is InChI=1S/C15H18BrNO4/c1-10-5-11(15(19)20)8-17(7-10)14(18)9-21-13-4-2-3-12(16)6-13/h2-4,6,10-11H,5,7-9H2,1H3,(H,19,20). The Morgan fingerprint density at radius 2 is 2.19 bits per heavy atom. The van der Waals surface area contributed by atoms with Crippen LogP contribution in [0.4, 0.5) is 0 Å². The maximum atomic E-state index is 12.2. The molecule has 1 fully saturated rings. The van der Waals surface area contributed by atoms with Gasteiger partial charge < -0.3 is 14.7 Å². The van der Waals surface area contributed by atoms with Gasteiger partial charge in [0.2, 0.25) is 0 Å². The van der Waals surface area contributed by atoms with E-state index in [2.05, 4.69) is 15.9 Å². The van der Waals surface area contributed by atoms with Crippen LogP contribution in [0.15, 0.2) is 28.7 Å². The van der Waals surface area contributed by atoms with Crippen LogP contribution < -0.4 is 4.74 Å². The van der Waals surface area contributed by atoms with Gasteiger partial charge in [-0.3, -0.25) is 9.59 Å². The van der Waals surface area contributed by atoms with Crippen LogP contribution in [0.3, 0.4) is 0 Å². The first kappa shape index (κ1) is 15.8. The van der Waals surface area contributed by atoms with Gasteiger partial charge in [-0.1, -0.05) is 28.9 Å². The molecule has 1 aliphatic heterocycles. The lowest BCUT2D eigenvalue weighted by Crippen LogP contribution is -2.47. The Labute approximate surface area is 132 Å². The molecule has 0 bridgehead atoms. The van der Waals surface area contributed by atoms with E-state index in [1.54, 1.807) is 17.0 Å². The minimum Gasteiger partial charge on any atom is -0.484 e. The number of nitrogens with zero attached hydrogens (tertiary/aromatic N) is 1. The predicted octanol–water partition coefficient (Wildman–Crippen LogP) is 2.40. The van der Waals surface area contributed by atoms with Gasteiger partial charge in [0.15, 0.2) is 6.61 Å². The molecule has 114 valence electrons. The molecule has 1 aliphatic rings.